The lowest BCUT2D eigenvalue weighted by molar-refractivity contribution is 0.586. The first kappa shape index (κ1) is 16.9. The molecular formula is C20H18ClN5S. The predicted octanol–water partition coefficient (Wildman–Crippen LogP) is 4.28. The maximum Gasteiger partial charge on any atom is 0.224 e. The molecule has 4 heterocycles. The number of nitrogens with zero attached hydrogens (tertiary/aromatic N) is 4. The molecule has 0 unspecified atom stereocenters. The fraction of sp³-hybridized carbons (Fsp3) is 0.250. The number of piperazine rings is 1. The van der Waals surface area contributed by atoms with Gasteiger partial charge in [-0.2, -0.15) is 4.98 Å². The molecule has 0 radical (unpaired) electrons. The van der Waals surface area contributed by atoms with Crippen molar-refractivity contribution in [1.29, 1.82) is 0 Å². The van der Waals surface area contributed by atoms with Crippen molar-refractivity contribution in [1.82, 2.24) is 20.3 Å². The van der Waals surface area contributed by atoms with Crippen molar-refractivity contribution >= 4 is 49.2 Å². The molecule has 1 aromatic carbocycles. The molecule has 1 aliphatic rings. The number of aryl methyl sites for hydroxylation is 1. The van der Waals surface area contributed by atoms with Crippen molar-refractivity contribution in [3.8, 4) is 11.1 Å². The van der Waals surface area contributed by atoms with Gasteiger partial charge in [-0.05, 0) is 35.7 Å². The SMILES string of the molecule is Cc1cc(-c2ccccc2)c2c(n1)sc1c(N3CCNCC3)nc(Cl)nc12. The number of aromatic nitrogens is 3. The van der Waals surface area contributed by atoms with Crippen LogP contribution in [0, 0.1) is 6.92 Å². The number of nitrogens with one attached hydrogen (secondary N) is 1. The zero-order chi connectivity index (χ0) is 18.4. The third-order valence-electron chi connectivity index (χ3n) is 4.87. The molecule has 0 spiro atoms. The molecule has 5 nitrogen and oxygen atoms in total. The number of pyridine rings is 1. The molecule has 1 saturated heterocycles. The van der Waals surface area contributed by atoms with Crippen molar-refractivity contribution in [2.45, 2.75) is 6.92 Å². The summed E-state index contributed by atoms with van der Waals surface area (Å²) in [6.45, 7) is 5.75. The normalized spacial score (nSPS) is 15.0. The van der Waals surface area contributed by atoms with Crippen molar-refractivity contribution in [2.24, 2.45) is 0 Å². The summed E-state index contributed by atoms with van der Waals surface area (Å²) >= 11 is 8.01. The maximum atomic E-state index is 6.35. The van der Waals surface area contributed by atoms with Gasteiger partial charge in [0.15, 0.2) is 5.82 Å². The fourth-order valence-corrected chi connectivity index (χ4v) is 5.02. The van der Waals surface area contributed by atoms with Gasteiger partial charge in [-0.25, -0.2) is 9.97 Å². The van der Waals surface area contributed by atoms with Gasteiger partial charge < -0.3 is 10.2 Å². The Morgan fingerprint density at radius 1 is 1.07 bits per heavy atom. The Hall–Kier alpha value is -2.28. The molecule has 1 N–H and O–H groups in total. The molecule has 0 bridgehead atoms. The number of hydrogen-bond acceptors (Lipinski definition) is 6. The maximum absolute atomic E-state index is 6.35. The minimum atomic E-state index is 0.287. The third kappa shape index (κ3) is 2.94. The first-order valence-corrected chi connectivity index (χ1v) is 10.2. The summed E-state index contributed by atoms with van der Waals surface area (Å²) in [4.78, 5) is 17.3. The Bertz CT molecular complexity index is 1140. The molecule has 3 aromatic heterocycles. The quantitative estimate of drug-likeness (QED) is 0.513. The van der Waals surface area contributed by atoms with Gasteiger partial charge in [0.2, 0.25) is 5.28 Å². The third-order valence-corrected chi connectivity index (χ3v) is 6.11. The smallest absolute Gasteiger partial charge is 0.224 e. The largest absolute Gasteiger partial charge is 0.353 e. The number of rotatable bonds is 2. The summed E-state index contributed by atoms with van der Waals surface area (Å²) in [5.41, 5.74) is 4.20. The summed E-state index contributed by atoms with van der Waals surface area (Å²) in [6, 6.07) is 12.5. The first-order valence-electron chi connectivity index (χ1n) is 8.99. The molecule has 0 aliphatic carbocycles. The highest BCUT2D eigenvalue weighted by Gasteiger charge is 2.22. The van der Waals surface area contributed by atoms with Gasteiger partial charge >= 0.3 is 0 Å². The fourth-order valence-electron chi connectivity index (χ4n) is 3.66. The second-order valence-electron chi connectivity index (χ2n) is 6.69. The number of halogens is 1. The second kappa shape index (κ2) is 6.71. The van der Waals surface area contributed by atoms with E-state index in [2.05, 4.69) is 50.5 Å². The van der Waals surface area contributed by atoms with Crippen LogP contribution < -0.4 is 10.2 Å². The number of anilines is 1. The average Bonchev–Trinajstić information content (AvgIpc) is 3.06. The minimum absolute atomic E-state index is 0.287. The molecule has 136 valence electrons. The molecule has 4 aromatic rings. The molecular weight excluding hydrogens is 378 g/mol. The highest BCUT2D eigenvalue weighted by Crippen LogP contribution is 2.42. The Balaban J connectivity index is 1.83. The van der Waals surface area contributed by atoms with E-state index in [1.54, 1.807) is 11.3 Å². The standard InChI is InChI=1S/C20H18ClN5S/c1-12-11-14(13-5-3-2-4-6-13)15-16-17(27-19(15)23-12)18(25-20(21)24-16)26-9-7-22-8-10-26/h2-6,11,22H,7-10H2,1H3. The van der Waals surface area contributed by atoms with Crippen LogP contribution in [0.4, 0.5) is 5.82 Å². The molecule has 0 amide bonds. The van der Waals surface area contributed by atoms with Gasteiger partial charge in [0.05, 0.1) is 10.2 Å². The van der Waals surface area contributed by atoms with E-state index in [-0.39, 0.29) is 5.28 Å². The average molecular weight is 396 g/mol. The number of fused-ring (bicyclic) bond motifs is 3. The lowest BCUT2D eigenvalue weighted by Gasteiger charge is -2.28. The van der Waals surface area contributed by atoms with Gasteiger partial charge in [0.1, 0.15) is 4.83 Å². The molecule has 7 heteroatoms. The summed E-state index contributed by atoms with van der Waals surface area (Å²) in [5.74, 6) is 0.922. The van der Waals surface area contributed by atoms with Gasteiger partial charge in [-0.15, -0.1) is 11.3 Å². The zero-order valence-electron chi connectivity index (χ0n) is 14.9. The summed E-state index contributed by atoms with van der Waals surface area (Å²) in [5, 5.41) is 4.73. The number of thiophene rings is 1. The highest BCUT2D eigenvalue weighted by molar-refractivity contribution is 7.26. The van der Waals surface area contributed by atoms with Gasteiger partial charge in [-0.3, -0.25) is 0 Å². The van der Waals surface area contributed by atoms with E-state index in [9.17, 15) is 0 Å². The van der Waals surface area contributed by atoms with E-state index in [1.807, 2.05) is 13.0 Å². The molecule has 0 atom stereocenters. The summed E-state index contributed by atoms with van der Waals surface area (Å²) in [6.07, 6.45) is 0. The summed E-state index contributed by atoms with van der Waals surface area (Å²) < 4.78 is 1.06. The Morgan fingerprint density at radius 2 is 1.85 bits per heavy atom. The number of benzene rings is 1. The molecule has 0 saturated carbocycles. The van der Waals surface area contributed by atoms with Gasteiger partial charge in [-0.1, -0.05) is 30.3 Å². The second-order valence-corrected chi connectivity index (χ2v) is 8.03. The predicted molar refractivity (Wildman–Crippen MR) is 113 cm³/mol. The Kier molecular flexibility index (Phi) is 4.19. The van der Waals surface area contributed by atoms with Crippen LogP contribution >= 0.6 is 22.9 Å². The molecule has 1 aliphatic heterocycles. The topological polar surface area (TPSA) is 53.9 Å². The zero-order valence-corrected chi connectivity index (χ0v) is 16.4. The van der Waals surface area contributed by atoms with Gasteiger partial charge in [0.25, 0.3) is 0 Å². The van der Waals surface area contributed by atoms with Crippen LogP contribution in [0.5, 0.6) is 0 Å². The molecule has 1 fully saturated rings. The van der Waals surface area contributed by atoms with Crippen LogP contribution in [-0.2, 0) is 0 Å². The van der Waals surface area contributed by atoms with Crippen molar-refractivity contribution in [3.63, 3.8) is 0 Å². The Morgan fingerprint density at radius 3 is 2.63 bits per heavy atom. The molecule has 5 rings (SSSR count). The van der Waals surface area contributed by atoms with E-state index in [4.69, 9.17) is 16.6 Å². The summed E-state index contributed by atoms with van der Waals surface area (Å²) in [7, 11) is 0. The van der Waals surface area contributed by atoms with Crippen LogP contribution in [0.15, 0.2) is 36.4 Å². The van der Waals surface area contributed by atoms with Crippen LogP contribution in [0.3, 0.4) is 0 Å². The molecule has 27 heavy (non-hydrogen) atoms. The van der Waals surface area contributed by atoms with Crippen molar-refractivity contribution in [2.75, 3.05) is 31.1 Å². The number of hydrogen-bond donors (Lipinski definition) is 1. The van der Waals surface area contributed by atoms with Crippen LogP contribution in [0.25, 0.3) is 31.6 Å². The van der Waals surface area contributed by atoms with Crippen LogP contribution in [0.2, 0.25) is 5.28 Å². The van der Waals surface area contributed by atoms with Crippen molar-refractivity contribution < 1.29 is 0 Å². The lowest BCUT2D eigenvalue weighted by atomic mass is 10.0. The first-order chi connectivity index (χ1) is 13.2. The van der Waals surface area contributed by atoms with E-state index in [0.717, 1.165) is 69.3 Å². The van der Waals surface area contributed by atoms with E-state index < -0.39 is 0 Å². The van der Waals surface area contributed by atoms with E-state index >= 15 is 0 Å². The monoisotopic (exact) mass is 395 g/mol. The van der Waals surface area contributed by atoms with Crippen molar-refractivity contribution in [3.05, 3.63) is 47.4 Å². The van der Waals surface area contributed by atoms with E-state index in [1.165, 1.54) is 0 Å². The lowest BCUT2D eigenvalue weighted by Crippen LogP contribution is -2.44. The Labute approximate surface area is 166 Å². The van der Waals surface area contributed by atoms with Crippen LogP contribution in [0.1, 0.15) is 5.69 Å². The van der Waals surface area contributed by atoms with Gasteiger partial charge in [0, 0.05) is 37.3 Å². The minimum Gasteiger partial charge on any atom is -0.353 e. The van der Waals surface area contributed by atoms with Crippen LogP contribution in [-0.4, -0.2) is 41.1 Å². The highest BCUT2D eigenvalue weighted by atomic mass is 35.5. The van der Waals surface area contributed by atoms with E-state index in [0.29, 0.717) is 0 Å².